The molecule has 1 aromatic heterocycles. The van der Waals surface area contributed by atoms with Crippen molar-refractivity contribution in [3.8, 4) is 11.5 Å². The molecule has 4 aromatic rings. The monoisotopic (exact) mass is 390 g/mol. The van der Waals surface area contributed by atoms with Crippen molar-refractivity contribution in [2.75, 3.05) is 5.32 Å². The van der Waals surface area contributed by atoms with Crippen LogP contribution in [0.25, 0.3) is 22.6 Å². The number of amides is 1. The predicted octanol–water partition coefficient (Wildman–Crippen LogP) is 6.33. The fraction of sp³-hybridized carbons (Fsp3) is 0.130. The number of halogens is 1. The minimum absolute atomic E-state index is 0.223. The number of hydrogen-bond donors (Lipinski definition) is 1. The summed E-state index contributed by atoms with van der Waals surface area (Å²) in [5, 5.41) is 3.45. The lowest BCUT2D eigenvalue weighted by Gasteiger charge is -2.06. The number of carbonyl (C=O) groups excluding carboxylic acids is 1. The summed E-state index contributed by atoms with van der Waals surface area (Å²) in [5.41, 5.74) is 6.78. The van der Waals surface area contributed by atoms with Crippen LogP contribution in [0.1, 0.15) is 27.0 Å². The lowest BCUT2D eigenvalue weighted by molar-refractivity contribution is 0.102. The summed E-state index contributed by atoms with van der Waals surface area (Å²) in [6, 6.07) is 16.8. The summed E-state index contributed by atoms with van der Waals surface area (Å²) in [4.78, 5) is 17.1. The van der Waals surface area contributed by atoms with Gasteiger partial charge in [0.05, 0.1) is 0 Å². The summed E-state index contributed by atoms with van der Waals surface area (Å²) >= 11 is 6.12. The molecule has 28 heavy (non-hydrogen) atoms. The van der Waals surface area contributed by atoms with E-state index in [4.69, 9.17) is 16.0 Å². The second kappa shape index (κ2) is 7.13. The first kappa shape index (κ1) is 18.3. The maximum Gasteiger partial charge on any atom is 0.255 e. The highest BCUT2D eigenvalue weighted by Crippen LogP contribution is 2.28. The van der Waals surface area contributed by atoms with E-state index >= 15 is 0 Å². The molecule has 0 spiro atoms. The van der Waals surface area contributed by atoms with Crippen LogP contribution in [0.5, 0.6) is 0 Å². The van der Waals surface area contributed by atoms with Crippen LogP contribution in [0.4, 0.5) is 5.69 Å². The Kier molecular flexibility index (Phi) is 4.65. The van der Waals surface area contributed by atoms with Crippen LogP contribution in [0, 0.1) is 20.8 Å². The van der Waals surface area contributed by atoms with Gasteiger partial charge in [-0.25, -0.2) is 4.98 Å². The zero-order chi connectivity index (χ0) is 19.8. The summed E-state index contributed by atoms with van der Waals surface area (Å²) in [5.74, 6) is 0.339. The SMILES string of the molecule is Cc1ccc(-c2nc3cc(NC(=O)c4ccc(C)c(Cl)c4)ccc3o2)cc1C. The van der Waals surface area contributed by atoms with Gasteiger partial charge in [0, 0.05) is 21.8 Å². The topological polar surface area (TPSA) is 55.1 Å². The van der Waals surface area contributed by atoms with Crippen LogP contribution in [0.15, 0.2) is 59.0 Å². The molecule has 0 saturated carbocycles. The Morgan fingerprint density at radius 1 is 0.929 bits per heavy atom. The lowest BCUT2D eigenvalue weighted by Crippen LogP contribution is -2.11. The quantitative estimate of drug-likeness (QED) is 0.445. The third-order valence-electron chi connectivity index (χ3n) is 4.83. The molecule has 5 heteroatoms. The molecule has 3 aromatic carbocycles. The van der Waals surface area contributed by atoms with E-state index in [1.165, 1.54) is 11.1 Å². The minimum Gasteiger partial charge on any atom is -0.436 e. The van der Waals surface area contributed by atoms with Crippen molar-refractivity contribution in [3.63, 3.8) is 0 Å². The number of nitrogens with zero attached hydrogens (tertiary/aromatic N) is 1. The molecule has 0 bridgehead atoms. The molecule has 1 heterocycles. The third kappa shape index (κ3) is 3.51. The van der Waals surface area contributed by atoms with E-state index in [9.17, 15) is 4.79 Å². The van der Waals surface area contributed by atoms with Crippen molar-refractivity contribution in [1.82, 2.24) is 4.98 Å². The maximum atomic E-state index is 12.5. The van der Waals surface area contributed by atoms with Crippen LogP contribution >= 0.6 is 11.6 Å². The maximum absolute atomic E-state index is 12.5. The molecular formula is C23H19ClN2O2. The smallest absolute Gasteiger partial charge is 0.255 e. The van der Waals surface area contributed by atoms with Gasteiger partial charge in [-0.15, -0.1) is 0 Å². The fourth-order valence-corrected chi connectivity index (χ4v) is 3.12. The first-order chi connectivity index (χ1) is 13.4. The molecule has 1 amide bonds. The number of fused-ring (bicyclic) bond motifs is 1. The van der Waals surface area contributed by atoms with Gasteiger partial charge in [-0.2, -0.15) is 0 Å². The Morgan fingerprint density at radius 3 is 2.46 bits per heavy atom. The van der Waals surface area contributed by atoms with E-state index in [1.54, 1.807) is 24.3 Å². The van der Waals surface area contributed by atoms with Gasteiger partial charge in [0.1, 0.15) is 5.52 Å². The summed E-state index contributed by atoms with van der Waals surface area (Å²) in [6.45, 7) is 6.03. The Morgan fingerprint density at radius 2 is 1.71 bits per heavy atom. The second-order valence-electron chi connectivity index (χ2n) is 6.92. The van der Waals surface area contributed by atoms with Gasteiger partial charge in [0.2, 0.25) is 5.89 Å². The molecule has 0 atom stereocenters. The van der Waals surface area contributed by atoms with Gasteiger partial charge in [0.25, 0.3) is 5.91 Å². The molecule has 0 aliphatic rings. The average Bonchev–Trinajstić information content (AvgIpc) is 3.09. The zero-order valence-corrected chi connectivity index (χ0v) is 16.6. The first-order valence-corrected chi connectivity index (χ1v) is 9.34. The highest BCUT2D eigenvalue weighted by Gasteiger charge is 2.12. The molecule has 0 radical (unpaired) electrons. The van der Waals surface area contributed by atoms with Gasteiger partial charge in [0.15, 0.2) is 5.58 Å². The molecule has 0 unspecified atom stereocenters. The molecule has 0 saturated heterocycles. The Bertz CT molecular complexity index is 1210. The van der Waals surface area contributed by atoms with Gasteiger partial charge >= 0.3 is 0 Å². The van der Waals surface area contributed by atoms with Crippen molar-refractivity contribution in [1.29, 1.82) is 0 Å². The number of carbonyl (C=O) groups is 1. The Hall–Kier alpha value is -3.11. The summed E-state index contributed by atoms with van der Waals surface area (Å²) in [7, 11) is 0. The van der Waals surface area contributed by atoms with E-state index < -0.39 is 0 Å². The van der Waals surface area contributed by atoms with Crippen LogP contribution in [-0.4, -0.2) is 10.9 Å². The van der Waals surface area contributed by atoms with Crippen molar-refractivity contribution in [2.45, 2.75) is 20.8 Å². The van der Waals surface area contributed by atoms with Crippen molar-refractivity contribution in [3.05, 3.63) is 81.9 Å². The van der Waals surface area contributed by atoms with Gasteiger partial charge in [-0.1, -0.05) is 23.7 Å². The number of benzene rings is 3. The molecule has 1 N–H and O–H groups in total. The van der Waals surface area contributed by atoms with Gasteiger partial charge < -0.3 is 9.73 Å². The number of aromatic nitrogens is 1. The highest BCUT2D eigenvalue weighted by atomic mass is 35.5. The molecule has 4 rings (SSSR count). The summed E-state index contributed by atoms with van der Waals surface area (Å²) in [6.07, 6.45) is 0. The van der Waals surface area contributed by atoms with Crippen molar-refractivity contribution >= 4 is 34.3 Å². The van der Waals surface area contributed by atoms with E-state index in [-0.39, 0.29) is 5.91 Å². The zero-order valence-electron chi connectivity index (χ0n) is 15.8. The lowest BCUT2D eigenvalue weighted by atomic mass is 10.1. The van der Waals surface area contributed by atoms with Crippen LogP contribution < -0.4 is 5.32 Å². The van der Waals surface area contributed by atoms with Crippen LogP contribution in [0.3, 0.4) is 0 Å². The molecular weight excluding hydrogens is 372 g/mol. The summed E-state index contributed by atoms with van der Waals surface area (Å²) < 4.78 is 5.88. The standard InChI is InChI=1S/C23H19ClN2O2/c1-13-4-7-17(10-15(13)3)23-26-20-12-18(8-9-21(20)28-23)25-22(27)16-6-5-14(2)19(24)11-16/h4-12H,1-3H3,(H,25,27). The third-order valence-corrected chi connectivity index (χ3v) is 5.24. The van der Waals surface area contributed by atoms with E-state index in [1.807, 2.05) is 25.1 Å². The first-order valence-electron chi connectivity index (χ1n) is 8.96. The number of nitrogens with one attached hydrogen (secondary N) is 1. The fourth-order valence-electron chi connectivity index (χ4n) is 2.94. The number of hydrogen-bond acceptors (Lipinski definition) is 3. The minimum atomic E-state index is -0.223. The normalized spacial score (nSPS) is 11.0. The molecule has 4 nitrogen and oxygen atoms in total. The molecule has 0 aliphatic heterocycles. The number of anilines is 1. The highest BCUT2D eigenvalue weighted by molar-refractivity contribution is 6.31. The van der Waals surface area contributed by atoms with E-state index in [2.05, 4.69) is 36.3 Å². The molecule has 140 valence electrons. The van der Waals surface area contributed by atoms with Crippen LogP contribution in [0.2, 0.25) is 5.02 Å². The van der Waals surface area contributed by atoms with E-state index in [0.717, 1.165) is 11.1 Å². The van der Waals surface area contributed by atoms with Crippen molar-refractivity contribution < 1.29 is 9.21 Å². The largest absolute Gasteiger partial charge is 0.436 e. The Balaban J connectivity index is 1.61. The van der Waals surface area contributed by atoms with E-state index in [0.29, 0.717) is 33.3 Å². The van der Waals surface area contributed by atoms with Gasteiger partial charge in [-0.3, -0.25) is 4.79 Å². The second-order valence-corrected chi connectivity index (χ2v) is 7.33. The molecule has 0 aliphatic carbocycles. The Labute approximate surface area is 168 Å². The van der Waals surface area contributed by atoms with Crippen molar-refractivity contribution in [2.24, 2.45) is 0 Å². The predicted molar refractivity (Wildman–Crippen MR) is 113 cm³/mol. The average molecular weight is 391 g/mol. The molecule has 0 fully saturated rings. The van der Waals surface area contributed by atoms with Crippen LogP contribution in [-0.2, 0) is 0 Å². The number of rotatable bonds is 3. The number of oxazole rings is 1. The van der Waals surface area contributed by atoms with Gasteiger partial charge in [-0.05, 0) is 79.9 Å². The number of aryl methyl sites for hydroxylation is 3.